The number of hydrogen-bond acceptors (Lipinski definition) is 6. The Morgan fingerprint density at radius 1 is 1.41 bits per heavy atom. The summed E-state index contributed by atoms with van der Waals surface area (Å²) in [5.41, 5.74) is 0.334. The van der Waals surface area contributed by atoms with Gasteiger partial charge in [-0.05, 0) is 35.0 Å². The van der Waals surface area contributed by atoms with Crippen molar-refractivity contribution in [2.24, 2.45) is 0 Å². The average Bonchev–Trinajstić information content (AvgIpc) is 2.49. The molecule has 0 radical (unpaired) electrons. The molecular formula is C14H18Br2O5S. The summed E-state index contributed by atoms with van der Waals surface area (Å²) in [5.74, 6) is -0.477. The molecule has 1 aromatic carbocycles. The van der Waals surface area contributed by atoms with Crippen LogP contribution in [-0.4, -0.2) is 41.3 Å². The van der Waals surface area contributed by atoms with Crippen LogP contribution in [0.2, 0.25) is 0 Å². The van der Waals surface area contributed by atoms with Gasteiger partial charge in [0.1, 0.15) is 11.9 Å². The third kappa shape index (κ3) is 5.73. The van der Waals surface area contributed by atoms with Gasteiger partial charge in [0.2, 0.25) is 0 Å². The van der Waals surface area contributed by atoms with E-state index in [1.165, 1.54) is 0 Å². The number of carbonyl (C=O) groups is 1. The standard InChI is InChI=1S/C14H18Br2O5S/c1-2-20-11(3-4-21-12(17)7-22)14(19)9-5-8(15)6-10(16)13(9)18/h5-6,11,14,18-19,22H,2-4,7H2,1H3/t11-,14-/m1/s1. The highest BCUT2D eigenvalue weighted by molar-refractivity contribution is 9.11. The van der Waals surface area contributed by atoms with Crippen LogP contribution in [0.15, 0.2) is 21.1 Å². The zero-order chi connectivity index (χ0) is 16.7. The van der Waals surface area contributed by atoms with E-state index in [0.29, 0.717) is 27.5 Å². The molecule has 0 aliphatic heterocycles. The topological polar surface area (TPSA) is 76.0 Å². The first kappa shape index (κ1) is 19.8. The molecule has 0 aromatic heterocycles. The van der Waals surface area contributed by atoms with Crippen molar-refractivity contribution in [1.29, 1.82) is 0 Å². The van der Waals surface area contributed by atoms with Crippen molar-refractivity contribution in [2.45, 2.75) is 25.6 Å². The molecular weight excluding hydrogens is 440 g/mol. The van der Waals surface area contributed by atoms with E-state index in [4.69, 9.17) is 9.47 Å². The zero-order valence-electron chi connectivity index (χ0n) is 12.0. The van der Waals surface area contributed by atoms with Gasteiger partial charge in [0.05, 0.1) is 22.9 Å². The Morgan fingerprint density at radius 2 is 2.09 bits per heavy atom. The highest BCUT2D eigenvalue weighted by atomic mass is 79.9. The van der Waals surface area contributed by atoms with E-state index in [1.54, 1.807) is 19.1 Å². The molecule has 22 heavy (non-hydrogen) atoms. The monoisotopic (exact) mass is 456 g/mol. The van der Waals surface area contributed by atoms with Gasteiger partial charge in [-0.1, -0.05) is 15.9 Å². The first-order chi connectivity index (χ1) is 10.4. The Labute approximate surface area is 151 Å². The number of halogens is 2. The highest BCUT2D eigenvalue weighted by Crippen LogP contribution is 2.37. The Morgan fingerprint density at radius 3 is 2.68 bits per heavy atom. The van der Waals surface area contributed by atoms with Crippen molar-refractivity contribution in [3.8, 4) is 5.75 Å². The molecule has 0 heterocycles. The smallest absolute Gasteiger partial charge is 0.315 e. The van der Waals surface area contributed by atoms with Crippen molar-refractivity contribution in [2.75, 3.05) is 19.0 Å². The summed E-state index contributed by atoms with van der Waals surface area (Å²) in [6, 6.07) is 3.30. The number of phenols is 1. The maximum atomic E-state index is 11.1. The van der Waals surface area contributed by atoms with Gasteiger partial charge in [0.25, 0.3) is 0 Å². The van der Waals surface area contributed by atoms with Gasteiger partial charge in [0, 0.05) is 23.1 Å². The molecule has 1 aromatic rings. The number of rotatable bonds is 8. The van der Waals surface area contributed by atoms with Crippen LogP contribution in [-0.2, 0) is 14.3 Å². The number of ether oxygens (including phenoxy) is 2. The first-order valence-electron chi connectivity index (χ1n) is 6.64. The second-order valence-corrected chi connectivity index (χ2v) is 6.52. The molecule has 0 saturated heterocycles. The minimum absolute atomic E-state index is 0.00121. The van der Waals surface area contributed by atoms with Crippen LogP contribution >= 0.6 is 44.5 Å². The van der Waals surface area contributed by atoms with E-state index >= 15 is 0 Å². The maximum Gasteiger partial charge on any atom is 0.315 e. The Balaban J connectivity index is 2.84. The van der Waals surface area contributed by atoms with E-state index in [2.05, 4.69) is 44.5 Å². The molecule has 5 nitrogen and oxygen atoms in total. The number of benzene rings is 1. The fourth-order valence-corrected chi connectivity index (χ4v) is 3.24. The van der Waals surface area contributed by atoms with Crippen molar-refractivity contribution in [1.82, 2.24) is 0 Å². The predicted molar refractivity (Wildman–Crippen MR) is 93.3 cm³/mol. The summed E-state index contributed by atoms with van der Waals surface area (Å²) in [5, 5.41) is 20.6. The molecule has 0 fully saturated rings. The van der Waals surface area contributed by atoms with Crippen LogP contribution in [0.4, 0.5) is 0 Å². The van der Waals surface area contributed by atoms with E-state index in [1.807, 2.05) is 0 Å². The molecule has 8 heteroatoms. The second kappa shape index (κ2) is 9.77. The number of carbonyl (C=O) groups excluding carboxylic acids is 1. The van der Waals surface area contributed by atoms with Gasteiger partial charge >= 0.3 is 5.97 Å². The molecule has 2 N–H and O–H groups in total. The summed E-state index contributed by atoms with van der Waals surface area (Å²) in [6.45, 7) is 2.30. The molecule has 0 saturated carbocycles. The fraction of sp³-hybridized carbons (Fsp3) is 0.500. The first-order valence-corrected chi connectivity index (χ1v) is 8.86. The number of aliphatic hydroxyl groups is 1. The number of phenolic OH excluding ortho intramolecular Hbond substituents is 1. The molecule has 1 rings (SSSR count). The van der Waals surface area contributed by atoms with Gasteiger partial charge in [-0.3, -0.25) is 4.79 Å². The van der Waals surface area contributed by atoms with Crippen LogP contribution < -0.4 is 0 Å². The van der Waals surface area contributed by atoms with E-state index in [9.17, 15) is 15.0 Å². The van der Waals surface area contributed by atoms with Gasteiger partial charge < -0.3 is 19.7 Å². The molecule has 0 unspecified atom stereocenters. The summed E-state index contributed by atoms with van der Waals surface area (Å²) in [7, 11) is 0. The normalized spacial score (nSPS) is 13.7. The van der Waals surface area contributed by atoms with Crippen molar-refractivity contribution in [3.63, 3.8) is 0 Å². The lowest BCUT2D eigenvalue weighted by Gasteiger charge is -2.24. The number of aliphatic hydroxyl groups excluding tert-OH is 1. The van der Waals surface area contributed by atoms with Crippen molar-refractivity contribution in [3.05, 3.63) is 26.6 Å². The molecule has 0 spiro atoms. The SMILES string of the molecule is CCO[C@H](CCOC(=O)CS)[C@H](O)c1cc(Br)cc(Br)c1O. The average molecular weight is 458 g/mol. The Hall–Kier alpha value is -0.280. The van der Waals surface area contributed by atoms with Crippen LogP contribution in [0.5, 0.6) is 5.75 Å². The van der Waals surface area contributed by atoms with Crippen LogP contribution in [0.1, 0.15) is 25.0 Å². The largest absolute Gasteiger partial charge is 0.506 e. The Bertz CT molecular complexity index is 512. The summed E-state index contributed by atoms with van der Waals surface area (Å²) in [6.07, 6.45) is -1.36. The molecule has 0 amide bonds. The third-order valence-electron chi connectivity index (χ3n) is 2.90. The van der Waals surface area contributed by atoms with Crippen molar-refractivity contribution < 1.29 is 24.5 Å². The van der Waals surface area contributed by atoms with E-state index in [0.717, 1.165) is 0 Å². The summed E-state index contributed by atoms with van der Waals surface area (Å²) >= 11 is 10.4. The van der Waals surface area contributed by atoms with Gasteiger partial charge in [-0.25, -0.2) is 0 Å². The fourth-order valence-electron chi connectivity index (χ4n) is 1.89. The van der Waals surface area contributed by atoms with E-state index in [-0.39, 0.29) is 18.1 Å². The number of hydrogen-bond donors (Lipinski definition) is 3. The van der Waals surface area contributed by atoms with Crippen molar-refractivity contribution >= 4 is 50.5 Å². The molecule has 124 valence electrons. The van der Waals surface area contributed by atoms with Gasteiger partial charge in [0.15, 0.2) is 0 Å². The molecule has 2 atom stereocenters. The second-order valence-electron chi connectivity index (χ2n) is 4.43. The molecule has 0 bridgehead atoms. The highest BCUT2D eigenvalue weighted by Gasteiger charge is 2.25. The molecule has 0 aliphatic rings. The Kier molecular flexibility index (Phi) is 8.78. The van der Waals surface area contributed by atoms with Crippen LogP contribution in [0.25, 0.3) is 0 Å². The number of aromatic hydroxyl groups is 1. The third-order valence-corrected chi connectivity index (χ3v) is 4.22. The molecule has 0 aliphatic carbocycles. The van der Waals surface area contributed by atoms with Gasteiger partial charge in [-0.2, -0.15) is 12.6 Å². The van der Waals surface area contributed by atoms with Gasteiger partial charge in [-0.15, -0.1) is 0 Å². The minimum atomic E-state index is -1.05. The lowest BCUT2D eigenvalue weighted by Crippen LogP contribution is -2.25. The lowest BCUT2D eigenvalue weighted by molar-refractivity contribution is -0.142. The number of esters is 1. The lowest BCUT2D eigenvalue weighted by atomic mass is 10.0. The van der Waals surface area contributed by atoms with Crippen LogP contribution in [0, 0.1) is 0 Å². The maximum absolute atomic E-state index is 11.1. The van der Waals surface area contributed by atoms with E-state index < -0.39 is 18.2 Å². The van der Waals surface area contributed by atoms with Crippen LogP contribution in [0.3, 0.4) is 0 Å². The zero-order valence-corrected chi connectivity index (χ0v) is 16.0. The predicted octanol–water partition coefficient (Wildman–Crippen LogP) is 3.22. The number of thiol groups is 1. The summed E-state index contributed by atoms with van der Waals surface area (Å²) < 4.78 is 11.6. The summed E-state index contributed by atoms with van der Waals surface area (Å²) in [4.78, 5) is 11.1. The quantitative estimate of drug-likeness (QED) is 0.412. The minimum Gasteiger partial charge on any atom is -0.506 e.